The molecule has 1 unspecified atom stereocenters. The zero-order chi connectivity index (χ0) is 10.4. The summed E-state index contributed by atoms with van der Waals surface area (Å²) < 4.78 is 0. The van der Waals surface area contributed by atoms with Crippen molar-refractivity contribution in [3.05, 3.63) is 60.7 Å². The van der Waals surface area contributed by atoms with E-state index in [-0.39, 0.29) is 0 Å². The van der Waals surface area contributed by atoms with E-state index < -0.39 is 0 Å². The lowest BCUT2D eigenvalue weighted by molar-refractivity contribution is 0.664. The van der Waals surface area contributed by atoms with Gasteiger partial charge in [-0.1, -0.05) is 62.1 Å². The monoisotopic (exact) mass is 186 g/mol. The predicted molar refractivity (Wildman–Crippen MR) is 63.4 cm³/mol. The first-order valence-electron chi connectivity index (χ1n) is 5.13. The molecular formula is C14H18. The Morgan fingerprint density at radius 1 is 1.36 bits per heavy atom. The molecule has 0 saturated carbocycles. The third-order valence-corrected chi connectivity index (χ3v) is 2.56. The van der Waals surface area contributed by atoms with Gasteiger partial charge in [-0.2, -0.15) is 0 Å². The lowest BCUT2D eigenvalue weighted by Gasteiger charge is -2.15. The first-order chi connectivity index (χ1) is 6.77. The molecule has 0 radical (unpaired) electrons. The lowest BCUT2D eigenvalue weighted by Crippen LogP contribution is -1.97. The molecule has 14 heavy (non-hydrogen) atoms. The quantitative estimate of drug-likeness (QED) is 0.601. The second-order valence-corrected chi connectivity index (χ2v) is 3.58. The summed E-state index contributed by atoms with van der Waals surface area (Å²) in [7, 11) is 0. The molecule has 0 aliphatic rings. The van der Waals surface area contributed by atoms with Crippen molar-refractivity contribution in [2.45, 2.75) is 25.7 Å². The van der Waals surface area contributed by atoms with Gasteiger partial charge >= 0.3 is 0 Å². The van der Waals surface area contributed by atoms with Crippen molar-refractivity contribution in [2.24, 2.45) is 0 Å². The maximum absolute atomic E-state index is 3.97. The Balaban J connectivity index is 2.72. The lowest BCUT2D eigenvalue weighted by atomic mass is 9.90. The number of allylic oxidation sites excluding steroid dienone is 2. The van der Waals surface area contributed by atoms with E-state index >= 15 is 0 Å². The van der Waals surface area contributed by atoms with Gasteiger partial charge < -0.3 is 0 Å². The van der Waals surface area contributed by atoms with Crippen LogP contribution in [0.4, 0.5) is 0 Å². The highest BCUT2D eigenvalue weighted by Crippen LogP contribution is 2.26. The van der Waals surface area contributed by atoms with Gasteiger partial charge in [0.2, 0.25) is 0 Å². The molecule has 1 atom stereocenters. The van der Waals surface area contributed by atoms with Crippen molar-refractivity contribution < 1.29 is 0 Å². The Morgan fingerprint density at radius 2 is 2.00 bits per heavy atom. The molecule has 0 fully saturated rings. The van der Waals surface area contributed by atoms with Gasteiger partial charge in [0.05, 0.1) is 0 Å². The van der Waals surface area contributed by atoms with Crippen molar-refractivity contribution in [1.82, 2.24) is 0 Å². The number of rotatable bonds is 5. The first kappa shape index (κ1) is 10.8. The van der Waals surface area contributed by atoms with E-state index in [9.17, 15) is 0 Å². The summed E-state index contributed by atoms with van der Waals surface area (Å²) in [6, 6.07) is 10.6. The fourth-order valence-electron chi connectivity index (χ4n) is 1.62. The summed E-state index contributed by atoms with van der Waals surface area (Å²) in [6.45, 7) is 9.93. The first-order valence-corrected chi connectivity index (χ1v) is 5.13. The van der Waals surface area contributed by atoms with E-state index in [2.05, 4.69) is 50.4 Å². The second kappa shape index (κ2) is 5.43. The summed E-state index contributed by atoms with van der Waals surface area (Å²) in [5.41, 5.74) is 2.53. The van der Waals surface area contributed by atoms with E-state index in [0.717, 1.165) is 18.4 Å². The van der Waals surface area contributed by atoms with E-state index in [1.165, 1.54) is 5.56 Å². The third kappa shape index (κ3) is 2.88. The van der Waals surface area contributed by atoms with Crippen LogP contribution >= 0.6 is 0 Å². The van der Waals surface area contributed by atoms with Crippen LogP contribution in [-0.2, 0) is 0 Å². The standard InChI is InChI=1S/C14H18/c1-4-12(3)11-13(5-2)14-9-7-6-8-10-14/h4,6-10,13H,1,3,5,11H2,2H3. The normalized spacial score (nSPS) is 12.1. The predicted octanol–water partition coefficient (Wildman–Crippen LogP) is 4.31. The van der Waals surface area contributed by atoms with Crippen LogP contribution in [0.15, 0.2) is 55.1 Å². The van der Waals surface area contributed by atoms with Crippen LogP contribution in [0.3, 0.4) is 0 Å². The van der Waals surface area contributed by atoms with Crippen LogP contribution in [0.2, 0.25) is 0 Å². The van der Waals surface area contributed by atoms with E-state index in [1.54, 1.807) is 0 Å². The Morgan fingerprint density at radius 3 is 2.50 bits per heavy atom. The summed E-state index contributed by atoms with van der Waals surface area (Å²) in [4.78, 5) is 0. The number of hydrogen-bond acceptors (Lipinski definition) is 0. The Labute approximate surface area is 87.0 Å². The smallest absolute Gasteiger partial charge is 0.0124 e. The van der Waals surface area contributed by atoms with Crippen LogP contribution in [-0.4, -0.2) is 0 Å². The third-order valence-electron chi connectivity index (χ3n) is 2.56. The van der Waals surface area contributed by atoms with Gasteiger partial charge in [-0.05, 0) is 24.3 Å². The maximum Gasteiger partial charge on any atom is -0.0124 e. The molecule has 0 saturated heterocycles. The highest BCUT2D eigenvalue weighted by molar-refractivity contribution is 5.23. The SMILES string of the molecule is C=CC(=C)CC(CC)c1ccccc1. The average molecular weight is 186 g/mol. The molecule has 0 aromatic heterocycles. The molecule has 0 N–H and O–H groups in total. The van der Waals surface area contributed by atoms with Gasteiger partial charge in [0, 0.05) is 0 Å². The van der Waals surface area contributed by atoms with E-state index in [1.807, 2.05) is 6.08 Å². The summed E-state index contributed by atoms with van der Waals surface area (Å²) in [6.07, 6.45) is 4.02. The molecule has 74 valence electrons. The van der Waals surface area contributed by atoms with Crippen molar-refractivity contribution in [3.63, 3.8) is 0 Å². The molecule has 0 bridgehead atoms. The molecule has 0 heteroatoms. The summed E-state index contributed by atoms with van der Waals surface area (Å²) in [5.74, 6) is 0.585. The van der Waals surface area contributed by atoms with Crippen molar-refractivity contribution in [3.8, 4) is 0 Å². The molecule has 0 spiro atoms. The van der Waals surface area contributed by atoms with Gasteiger partial charge in [-0.25, -0.2) is 0 Å². The van der Waals surface area contributed by atoms with Crippen LogP contribution in [0.25, 0.3) is 0 Å². The summed E-state index contributed by atoms with van der Waals surface area (Å²) in [5, 5.41) is 0. The zero-order valence-corrected chi connectivity index (χ0v) is 8.87. The molecule has 1 rings (SSSR count). The van der Waals surface area contributed by atoms with Crippen molar-refractivity contribution in [1.29, 1.82) is 0 Å². The fraction of sp³-hybridized carbons (Fsp3) is 0.286. The van der Waals surface area contributed by atoms with Crippen molar-refractivity contribution >= 4 is 0 Å². The van der Waals surface area contributed by atoms with E-state index in [0.29, 0.717) is 5.92 Å². The highest BCUT2D eigenvalue weighted by Gasteiger charge is 2.08. The van der Waals surface area contributed by atoms with Crippen LogP contribution in [0.5, 0.6) is 0 Å². The minimum absolute atomic E-state index is 0.585. The number of hydrogen-bond donors (Lipinski definition) is 0. The molecule has 0 heterocycles. The highest BCUT2D eigenvalue weighted by atomic mass is 14.1. The number of benzene rings is 1. The molecule has 1 aromatic rings. The average Bonchev–Trinajstić information content (AvgIpc) is 2.26. The summed E-state index contributed by atoms with van der Waals surface area (Å²) >= 11 is 0. The zero-order valence-electron chi connectivity index (χ0n) is 8.87. The van der Waals surface area contributed by atoms with Gasteiger partial charge in [0.1, 0.15) is 0 Å². The van der Waals surface area contributed by atoms with E-state index in [4.69, 9.17) is 0 Å². The Kier molecular flexibility index (Phi) is 4.18. The maximum atomic E-state index is 3.97. The minimum atomic E-state index is 0.585. The molecule has 0 aliphatic carbocycles. The van der Waals surface area contributed by atoms with Gasteiger partial charge in [-0.3, -0.25) is 0 Å². The second-order valence-electron chi connectivity index (χ2n) is 3.58. The Bertz CT molecular complexity index is 295. The van der Waals surface area contributed by atoms with Gasteiger partial charge in [-0.15, -0.1) is 0 Å². The molecule has 1 aromatic carbocycles. The van der Waals surface area contributed by atoms with Crippen LogP contribution in [0.1, 0.15) is 31.2 Å². The van der Waals surface area contributed by atoms with Gasteiger partial charge in [0.25, 0.3) is 0 Å². The molecule has 0 amide bonds. The van der Waals surface area contributed by atoms with Gasteiger partial charge in [0.15, 0.2) is 0 Å². The molecule has 0 nitrogen and oxygen atoms in total. The largest absolute Gasteiger partial charge is 0.0988 e. The van der Waals surface area contributed by atoms with Crippen LogP contribution < -0.4 is 0 Å². The van der Waals surface area contributed by atoms with Crippen LogP contribution in [0, 0.1) is 0 Å². The molecular weight excluding hydrogens is 168 g/mol. The molecule has 0 aliphatic heterocycles. The topological polar surface area (TPSA) is 0 Å². The van der Waals surface area contributed by atoms with Crippen molar-refractivity contribution in [2.75, 3.05) is 0 Å². The fourth-order valence-corrected chi connectivity index (χ4v) is 1.62. The minimum Gasteiger partial charge on any atom is -0.0988 e. The Hall–Kier alpha value is -1.30.